The summed E-state index contributed by atoms with van der Waals surface area (Å²) >= 11 is 8.13. The summed E-state index contributed by atoms with van der Waals surface area (Å²) in [6, 6.07) is -12.6. The quantitative estimate of drug-likeness (QED) is 0.0104. The lowest BCUT2D eigenvalue weighted by Gasteiger charge is -2.30. The number of carbonyl (C=O) groups is 15. The van der Waals surface area contributed by atoms with Crippen LogP contribution in [0.5, 0.6) is 5.75 Å². The van der Waals surface area contributed by atoms with Gasteiger partial charge in [-0.1, -0.05) is 33.7 Å². The fourth-order valence-corrected chi connectivity index (χ4v) is 12.2. The SMILES string of the molecule is C[C@@H]1NC(=O)[C@@H]2CCCN2C(=O)[C@H](CC(N)=O)NC(=O)[C@@H](NC(=O)[C@H](CS)NC(=O)[C@@H](N)CCC(=O)O)CSSCC(C(=O)NCC(=O)N[C@@H](CCCN=C(N)N)C(=O)N[C@@H](Cc2cnc[nH]2)C(=O)N[C@@H](Cc2ccc(O)cc2)C(=O)N[C@@H](CO)C(=O)N[C@@H](CS)C(N)=O)NC1=O. The number of aromatic amines is 1. The van der Waals surface area contributed by atoms with Gasteiger partial charge >= 0.3 is 5.97 Å². The summed E-state index contributed by atoms with van der Waals surface area (Å²) < 4.78 is 0. The Hall–Kier alpha value is -9.13. The van der Waals surface area contributed by atoms with Crippen molar-refractivity contribution in [2.45, 2.75) is 137 Å². The lowest BCUT2D eigenvalue weighted by molar-refractivity contribution is -0.143. The van der Waals surface area contributed by atoms with Crippen LogP contribution in [-0.4, -0.2) is 247 Å². The molecule has 0 spiro atoms. The van der Waals surface area contributed by atoms with Crippen LogP contribution < -0.4 is 87.2 Å². The number of fused-ring (bicyclic) bond motifs is 1. The summed E-state index contributed by atoms with van der Waals surface area (Å²) in [6.45, 7) is -0.711. The monoisotopic (exact) mass is 1440 g/mol. The minimum absolute atomic E-state index is 0.0207. The number of thiol groups is 2. The number of carboxylic acid groups (broad SMARTS) is 1. The second-order valence-electron chi connectivity index (χ2n) is 22.1. The summed E-state index contributed by atoms with van der Waals surface area (Å²) in [5.74, 6) is -16.9. The molecule has 12 atom stereocenters. The Morgan fingerprint density at radius 3 is 1.94 bits per heavy atom. The molecular weight excluding hydrogens is 1360 g/mol. The number of aliphatic imine (C=N–C) groups is 1. The average Bonchev–Trinajstić information content (AvgIpc) is 1.75. The molecule has 25 N–H and O–H groups in total. The third kappa shape index (κ3) is 27.1. The number of benzene rings is 1. The zero-order valence-corrected chi connectivity index (χ0v) is 55.7. The zero-order valence-electron chi connectivity index (χ0n) is 52.3. The van der Waals surface area contributed by atoms with E-state index in [1.165, 1.54) is 43.7 Å². The molecule has 2 aliphatic rings. The number of nitrogens with zero attached hydrogens (tertiary/aromatic N) is 3. The molecule has 2 saturated heterocycles. The van der Waals surface area contributed by atoms with Crippen LogP contribution in [0, 0.1) is 0 Å². The Morgan fingerprint density at radius 2 is 1.34 bits per heavy atom. The maximum atomic E-state index is 14.5. The van der Waals surface area contributed by atoms with Crippen LogP contribution in [-0.2, 0) is 84.8 Å². The number of carbonyl (C=O) groups excluding carboxylic acids is 14. The standard InChI is InChI=1S/C55H82N20O18S4/c1-25-44(83)73-37(22-96-97-23-38(74-51(90)36(21-95)72-45(84)29(56)10-11-42(80)81)52(91)69-33(16-40(57)78)54(93)75-13-3-5-39(75)53(92)65-25)46(85)63-18-41(79)66-30(4-2-12-62-55(59)60)47(86)68-32(15-27-17-61-24-64-27)49(88)67-31(14-26-6-8-28(77)9-7-26)48(87)70-34(19-76)50(89)71-35(20-94)43(58)82/h6-9,17,24-25,29-39,76-77,94-95H,2-5,10-16,18-23,56H2,1H3,(H2,57,78)(H2,58,82)(H,61,64)(H,63,85)(H,65,92)(H,66,79)(H,67,88)(H,68,86)(H,69,91)(H,70,87)(H,71,89)(H,72,84)(H,73,83)(H,74,90)(H,80,81)(H4,59,60,62)/t25-,29-,30-,31-,32-,33-,34-,35-,36-,37?,38-,39-/m0/s1. The number of rotatable bonds is 33. The van der Waals surface area contributed by atoms with E-state index >= 15 is 0 Å². The molecule has 4 rings (SSSR count). The number of aliphatic hydroxyl groups excluding tert-OH is 1. The van der Waals surface area contributed by atoms with Gasteiger partial charge in [0, 0.05) is 67.3 Å². The Kier molecular flexibility index (Phi) is 33.5. The number of aliphatic hydroxyl groups is 1. The zero-order chi connectivity index (χ0) is 72.1. The fourth-order valence-electron chi connectivity index (χ4n) is 9.30. The first-order valence-electron chi connectivity index (χ1n) is 30.0. The predicted molar refractivity (Wildman–Crippen MR) is 354 cm³/mol. The van der Waals surface area contributed by atoms with Gasteiger partial charge in [0.25, 0.3) is 0 Å². The lowest BCUT2D eigenvalue weighted by Crippen LogP contribution is -2.60. The average molecular weight is 1440 g/mol. The lowest BCUT2D eigenvalue weighted by atomic mass is 10.0. The molecule has 0 aliphatic carbocycles. The molecule has 14 amide bonds. The van der Waals surface area contributed by atoms with Gasteiger partial charge in [0.05, 0.1) is 31.9 Å². The number of aliphatic carboxylic acids is 1. The number of phenols is 1. The van der Waals surface area contributed by atoms with Gasteiger partial charge in [-0.3, -0.25) is 76.9 Å². The number of hydrogen-bond acceptors (Lipinski definition) is 24. The van der Waals surface area contributed by atoms with Crippen LogP contribution in [0.15, 0.2) is 41.8 Å². The summed E-state index contributed by atoms with van der Waals surface area (Å²) in [6.07, 6.45) is 0.556. The molecule has 38 nitrogen and oxygen atoms in total. The highest BCUT2D eigenvalue weighted by atomic mass is 33.1. The number of hydrogen-bond donors (Lipinski definition) is 22. The van der Waals surface area contributed by atoms with Gasteiger partial charge in [-0.05, 0) is 56.7 Å². The van der Waals surface area contributed by atoms with Gasteiger partial charge in [0.1, 0.15) is 72.2 Å². The van der Waals surface area contributed by atoms with E-state index in [-0.39, 0.29) is 92.7 Å². The van der Waals surface area contributed by atoms with Crippen LogP contribution in [0.25, 0.3) is 0 Å². The highest BCUT2D eigenvalue weighted by Gasteiger charge is 2.41. The van der Waals surface area contributed by atoms with Crippen LogP contribution in [0.1, 0.15) is 63.1 Å². The molecule has 0 saturated carbocycles. The number of amides is 14. The maximum absolute atomic E-state index is 14.5. The number of imidazole rings is 1. The maximum Gasteiger partial charge on any atom is 0.303 e. The van der Waals surface area contributed by atoms with Gasteiger partial charge in [-0.2, -0.15) is 25.3 Å². The topological polar surface area (TPSA) is 623 Å². The smallest absolute Gasteiger partial charge is 0.303 e. The largest absolute Gasteiger partial charge is 0.508 e. The number of aromatic hydroxyl groups is 1. The number of primary amides is 2. The third-order valence-electron chi connectivity index (χ3n) is 14.5. The summed E-state index contributed by atoms with van der Waals surface area (Å²) in [7, 11) is 1.68. The third-order valence-corrected chi connectivity index (χ3v) is 17.7. The number of nitrogens with one attached hydrogen (secondary N) is 12. The van der Waals surface area contributed by atoms with E-state index in [2.05, 4.69) is 98.7 Å². The Morgan fingerprint density at radius 1 is 0.732 bits per heavy atom. The van der Waals surface area contributed by atoms with Crippen molar-refractivity contribution in [2.75, 3.05) is 49.3 Å². The molecule has 97 heavy (non-hydrogen) atoms. The highest BCUT2D eigenvalue weighted by Crippen LogP contribution is 2.25. The van der Waals surface area contributed by atoms with Gasteiger partial charge in [-0.25, -0.2) is 4.98 Å². The molecule has 2 aromatic rings. The Bertz CT molecular complexity index is 3170. The van der Waals surface area contributed by atoms with Crippen molar-refractivity contribution in [1.82, 2.24) is 73.4 Å². The van der Waals surface area contributed by atoms with Gasteiger partial charge < -0.3 is 112 Å². The Balaban J connectivity index is 1.61. The first-order valence-corrected chi connectivity index (χ1v) is 33.7. The molecule has 3 heterocycles. The van der Waals surface area contributed by atoms with E-state index < -0.39 is 193 Å². The van der Waals surface area contributed by atoms with E-state index in [0.29, 0.717) is 5.56 Å². The number of carboxylic acids is 1. The second-order valence-corrected chi connectivity index (χ2v) is 25.4. The molecule has 2 fully saturated rings. The molecule has 1 aromatic carbocycles. The molecule has 0 radical (unpaired) electrons. The van der Waals surface area contributed by atoms with Gasteiger partial charge in [-0.15, -0.1) is 0 Å². The summed E-state index contributed by atoms with van der Waals surface area (Å²) in [4.78, 5) is 214. The number of guanidine groups is 1. The molecule has 42 heteroatoms. The number of nitrogens with two attached hydrogens (primary N) is 5. The number of aromatic nitrogens is 2. The molecule has 534 valence electrons. The van der Waals surface area contributed by atoms with Crippen LogP contribution in [0.3, 0.4) is 0 Å². The van der Waals surface area contributed by atoms with Crippen molar-refractivity contribution in [3.63, 3.8) is 0 Å². The van der Waals surface area contributed by atoms with Crippen molar-refractivity contribution >= 4 is 141 Å². The van der Waals surface area contributed by atoms with Crippen LogP contribution in [0.2, 0.25) is 0 Å². The van der Waals surface area contributed by atoms with Crippen molar-refractivity contribution < 1.29 is 87.2 Å². The predicted octanol–water partition coefficient (Wildman–Crippen LogP) is -9.27. The van der Waals surface area contributed by atoms with E-state index in [0.717, 1.165) is 26.5 Å². The fraction of sp³-hybridized carbons (Fsp3) is 0.545. The normalized spacial score (nSPS) is 19.8. The van der Waals surface area contributed by atoms with E-state index in [1.807, 2.05) is 0 Å². The first-order chi connectivity index (χ1) is 45.9. The van der Waals surface area contributed by atoms with Crippen molar-refractivity contribution in [3.8, 4) is 5.75 Å². The van der Waals surface area contributed by atoms with Gasteiger partial charge in [0.15, 0.2) is 5.96 Å². The van der Waals surface area contributed by atoms with E-state index in [1.54, 1.807) is 0 Å². The van der Waals surface area contributed by atoms with Crippen LogP contribution >= 0.6 is 46.8 Å². The molecule has 0 bridgehead atoms. The second kappa shape index (κ2) is 40.4. The summed E-state index contributed by atoms with van der Waals surface area (Å²) in [5, 5.41) is 56.0. The number of H-pyrrole nitrogens is 1. The first kappa shape index (κ1) is 80.3. The molecule has 1 unspecified atom stereocenters. The minimum atomic E-state index is -1.70. The summed E-state index contributed by atoms with van der Waals surface area (Å²) in [5.41, 5.74) is 28.4. The molecule has 1 aromatic heterocycles. The van der Waals surface area contributed by atoms with Crippen molar-refractivity contribution in [3.05, 3.63) is 48.0 Å². The van der Waals surface area contributed by atoms with Crippen molar-refractivity contribution in [2.24, 2.45) is 33.7 Å². The minimum Gasteiger partial charge on any atom is -0.508 e. The molecule has 2 aliphatic heterocycles. The van der Waals surface area contributed by atoms with Gasteiger partial charge in [0.2, 0.25) is 82.7 Å². The van der Waals surface area contributed by atoms with E-state index in [9.17, 15) is 82.1 Å². The Labute approximate surface area is 573 Å². The number of phenolic OH excluding ortho intramolecular Hbond substituents is 1. The van der Waals surface area contributed by atoms with E-state index in [4.69, 9.17) is 33.8 Å². The molecular formula is C55H82N20O18S4. The van der Waals surface area contributed by atoms with Crippen molar-refractivity contribution in [1.29, 1.82) is 0 Å². The van der Waals surface area contributed by atoms with Crippen LogP contribution in [0.4, 0.5) is 0 Å². The highest BCUT2D eigenvalue weighted by molar-refractivity contribution is 8.76.